The van der Waals surface area contributed by atoms with Gasteiger partial charge in [-0.1, -0.05) is 31.9 Å². The van der Waals surface area contributed by atoms with Gasteiger partial charge < -0.3 is 5.32 Å². The maximum Gasteiger partial charge on any atom is 0.255 e. The van der Waals surface area contributed by atoms with E-state index < -0.39 is 0 Å². The monoisotopic (exact) mass is 227 g/mol. The van der Waals surface area contributed by atoms with E-state index in [9.17, 15) is 4.79 Å². The van der Waals surface area contributed by atoms with Crippen LogP contribution < -0.4 is 5.32 Å². The molecular formula is C15H17NO. The summed E-state index contributed by atoms with van der Waals surface area (Å²) in [5.74, 6) is 0.623. The minimum Gasteiger partial charge on any atom is -0.321 e. The number of carbonyl (C=O) groups excluding carboxylic acids is 1. The summed E-state index contributed by atoms with van der Waals surface area (Å²) >= 11 is 0. The molecule has 2 nitrogen and oxygen atoms in total. The number of benzene rings is 1. The van der Waals surface area contributed by atoms with Crippen LogP contribution in [0, 0.1) is 0 Å². The third kappa shape index (κ3) is 1.78. The first-order chi connectivity index (χ1) is 8.25. The van der Waals surface area contributed by atoms with Crippen LogP contribution >= 0.6 is 0 Å². The van der Waals surface area contributed by atoms with Gasteiger partial charge in [-0.05, 0) is 36.5 Å². The van der Waals surface area contributed by atoms with E-state index in [2.05, 4.69) is 24.0 Å². The minimum absolute atomic E-state index is 0.0548. The Morgan fingerprint density at radius 1 is 1.18 bits per heavy atom. The standard InChI is InChI=1S/C15H17NO/c1-10-13-9-12(11-5-3-2-4-6-11)7-8-14(13)16-15(10)17/h7-9,11H,1-6H2,(H,16,17). The fourth-order valence-electron chi connectivity index (χ4n) is 2.93. The van der Waals surface area contributed by atoms with Crippen LogP contribution in [0.15, 0.2) is 24.8 Å². The van der Waals surface area contributed by atoms with Crippen LogP contribution in [-0.2, 0) is 4.79 Å². The molecule has 1 N–H and O–H groups in total. The zero-order valence-corrected chi connectivity index (χ0v) is 9.96. The first-order valence-electron chi connectivity index (χ1n) is 6.40. The van der Waals surface area contributed by atoms with Crippen molar-refractivity contribution in [2.24, 2.45) is 0 Å². The topological polar surface area (TPSA) is 29.1 Å². The predicted octanol–water partition coefficient (Wildman–Crippen LogP) is 3.70. The van der Waals surface area contributed by atoms with Crippen molar-refractivity contribution >= 4 is 17.2 Å². The predicted molar refractivity (Wildman–Crippen MR) is 69.9 cm³/mol. The Bertz CT molecular complexity index is 484. The third-order valence-electron chi connectivity index (χ3n) is 3.97. The van der Waals surface area contributed by atoms with Gasteiger partial charge >= 0.3 is 0 Å². The van der Waals surface area contributed by atoms with Gasteiger partial charge in [-0.2, -0.15) is 0 Å². The summed E-state index contributed by atoms with van der Waals surface area (Å²) in [4.78, 5) is 11.5. The van der Waals surface area contributed by atoms with Crippen molar-refractivity contribution < 1.29 is 4.79 Å². The second kappa shape index (κ2) is 4.02. The van der Waals surface area contributed by atoms with Crippen LogP contribution in [0.3, 0.4) is 0 Å². The molecule has 0 unspecified atom stereocenters. The number of fused-ring (bicyclic) bond motifs is 1. The second-order valence-corrected chi connectivity index (χ2v) is 5.07. The molecule has 2 aliphatic rings. The fraction of sp³-hybridized carbons (Fsp3) is 0.400. The molecule has 1 heterocycles. The van der Waals surface area contributed by atoms with Crippen molar-refractivity contribution in [1.29, 1.82) is 0 Å². The number of hydrogen-bond donors (Lipinski definition) is 1. The molecule has 88 valence electrons. The summed E-state index contributed by atoms with van der Waals surface area (Å²) in [5.41, 5.74) is 3.90. The van der Waals surface area contributed by atoms with Crippen LogP contribution in [0.25, 0.3) is 5.57 Å². The first kappa shape index (κ1) is 10.6. The smallest absolute Gasteiger partial charge is 0.255 e. The van der Waals surface area contributed by atoms with E-state index in [-0.39, 0.29) is 5.91 Å². The van der Waals surface area contributed by atoms with E-state index in [0.717, 1.165) is 11.3 Å². The Balaban J connectivity index is 1.93. The molecule has 1 amide bonds. The molecule has 0 bridgehead atoms. The van der Waals surface area contributed by atoms with E-state index in [0.29, 0.717) is 11.5 Å². The zero-order valence-electron chi connectivity index (χ0n) is 9.96. The lowest BCUT2D eigenvalue weighted by atomic mass is 9.83. The number of nitrogens with one attached hydrogen (secondary N) is 1. The summed E-state index contributed by atoms with van der Waals surface area (Å²) < 4.78 is 0. The highest BCUT2D eigenvalue weighted by atomic mass is 16.1. The average Bonchev–Trinajstić information content (AvgIpc) is 2.66. The number of amides is 1. The van der Waals surface area contributed by atoms with Crippen LogP contribution in [0.1, 0.15) is 49.1 Å². The summed E-state index contributed by atoms with van der Waals surface area (Å²) in [6.45, 7) is 3.85. The van der Waals surface area contributed by atoms with E-state index in [1.807, 2.05) is 6.07 Å². The van der Waals surface area contributed by atoms with Gasteiger partial charge in [0.1, 0.15) is 0 Å². The van der Waals surface area contributed by atoms with Crippen LogP contribution in [0.2, 0.25) is 0 Å². The highest BCUT2D eigenvalue weighted by Crippen LogP contribution is 2.37. The molecule has 1 aliphatic carbocycles. The Labute approximate surface area is 102 Å². The van der Waals surface area contributed by atoms with Crippen molar-refractivity contribution in [2.45, 2.75) is 38.0 Å². The molecule has 0 radical (unpaired) electrons. The maximum absolute atomic E-state index is 11.5. The molecule has 17 heavy (non-hydrogen) atoms. The van der Waals surface area contributed by atoms with Gasteiger partial charge in [0.15, 0.2) is 0 Å². The summed E-state index contributed by atoms with van der Waals surface area (Å²) in [6, 6.07) is 6.34. The molecule has 0 spiro atoms. The molecule has 1 aromatic rings. The quantitative estimate of drug-likeness (QED) is 0.728. The van der Waals surface area contributed by atoms with Gasteiger partial charge in [-0.25, -0.2) is 0 Å². The first-order valence-corrected chi connectivity index (χ1v) is 6.40. The molecule has 0 saturated heterocycles. The van der Waals surface area contributed by atoms with E-state index in [1.165, 1.54) is 37.7 Å². The van der Waals surface area contributed by atoms with Gasteiger partial charge in [0.05, 0.1) is 0 Å². The highest BCUT2D eigenvalue weighted by Gasteiger charge is 2.24. The largest absolute Gasteiger partial charge is 0.321 e. The minimum atomic E-state index is -0.0548. The van der Waals surface area contributed by atoms with Crippen molar-refractivity contribution in [2.75, 3.05) is 5.32 Å². The number of rotatable bonds is 1. The fourth-order valence-corrected chi connectivity index (χ4v) is 2.93. The molecule has 1 aliphatic heterocycles. The molecule has 0 aromatic heterocycles. The molecular weight excluding hydrogens is 210 g/mol. The van der Waals surface area contributed by atoms with Crippen molar-refractivity contribution in [3.63, 3.8) is 0 Å². The van der Waals surface area contributed by atoms with Crippen LogP contribution in [-0.4, -0.2) is 5.91 Å². The summed E-state index contributed by atoms with van der Waals surface area (Å²) in [7, 11) is 0. The Hall–Kier alpha value is -1.57. The van der Waals surface area contributed by atoms with Gasteiger partial charge in [-0.15, -0.1) is 0 Å². The maximum atomic E-state index is 11.5. The molecule has 2 heteroatoms. The third-order valence-corrected chi connectivity index (χ3v) is 3.97. The summed E-state index contributed by atoms with van der Waals surface area (Å²) in [5, 5.41) is 2.84. The van der Waals surface area contributed by atoms with Gasteiger partial charge in [0, 0.05) is 16.8 Å². The van der Waals surface area contributed by atoms with Gasteiger partial charge in [0.2, 0.25) is 0 Å². The lowest BCUT2D eigenvalue weighted by Crippen LogP contribution is -2.04. The number of anilines is 1. The number of carbonyl (C=O) groups is 1. The highest BCUT2D eigenvalue weighted by molar-refractivity contribution is 6.30. The second-order valence-electron chi connectivity index (χ2n) is 5.07. The lowest BCUT2D eigenvalue weighted by Gasteiger charge is -2.22. The summed E-state index contributed by atoms with van der Waals surface area (Å²) in [6.07, 6.45) is 6.60. The van der Waals surface area contributed by atoms with E-state index >= 15 is 0 Å². The Morgan fingerprint density at radius 3 is 2.71 bits per heavy atom. The Kier molecular flexibility index (Phi) is 2.50. The van der Waals surface area contributed by atoms with E-state index in [1.54, 1.807) is 0 Å². The number of hydrogen-bond acceptors (Lipinski definition) is 1. The van der Waals surface area contributed by atoms with Crippen molar-refractivity contribution in [3.05, 3.63) is 35.9 Å². The Morgan fingerprint density at radius 2 is 1.94 bits per heavy atom. The molecule has 1 saturated carbocycles. The van der Waals surface area contributed by atoms with Crippen LogP contribution in [0.5, 0.6) is 0 Å². The molecule has 1 aromatic carbocycles. The molecule has 3 rings (SSSR count). The SMILES string of the molecule is C=C1C(=O)Nc2ccc(C3CCCCC3)cc21. The lowest BCUT2D eigenvalue weighted by molar-refractivity contribution is -0.110. The average molecular weight is 227 g/mol. The molecule has 1 fully saturated rings. The van der Waals surface area contributed by atoms with E-state index in [4.69, 9.17) is 0 Å². The zero-order chi connectivity index (χ0) is 11.8. The van der Waals surface area contributed by atoms with Gasteiger partial charge in [-0.3, -0.25) is 4.79 Å². The normalized spacial score (nSPS) is 20.2. The van der Waals surface area contributed by atoms with Crippen molar-refractivity contribution in [3.8, 4) is 0 Å². The van der Waals surface area contributed by atoms with Gasteiger partial charge in [0.25, 0.3) is 5.91 Å². The van der Waals surface area contributed by atoms with Crippen LogP contribution in [0.4, 0.5) is 5.69 Å². The molecule has 0 atom stereocenters. The van der Waals surface area contributed by atoms with Crippen molar-refractivity contribution in [1.82, 2.24) is 0 Å².